The maximum absolute atomic E-state index is 12.3. The van der Waals surface area contributed by atoms with E-state index in [1.165, 1.54) is 51.2 Å². The van der Waals surface area contributed by atoms with E-state index in [2.05, 4.69) is 5.32 Å². The molecular formula is C18H22N2O4S2. The molecule has 0 unspecified atom stereocenters. The number of nitrogens with one attached hydrogen (secondary N) is 1. The standard InChI is InChI=1S/C18H22N2O4S2/c1-20(2)26(22,23)15-9-10-17(24-3)16(11-15)19-18(21)13-25-12-14-7-5-4-6-8-14/h4-11H,12-13H2,1-3H3,(H,19,21). The summed E-state index contributed by atoms with van der Waals surface area (Å²) in [5.74, 6) is 1.16. The van der Waals surface area contributed by atoms with Crippen LogP contribution in [-0.4, -0.2) is 45.6 Å². The van der Waals surface area contributed by atoms with Gasteiger partial charge in [0.05, 0.1) is 23.4 Å². The Bertz CT molecular complexity index is 853. The molecule has 2 aromatic carbocycles. The van der Waals surface area contributed by atoms with Gasteiger partial charge in [0.15, 0.2) is 0 Å². The Morgan fingerprint density at radius 3 is 2.46 bits per heavy atom. The van der Waals surface area contributed by atoms with E-state index < -0.39 is 10.0 Å². The SMILES string of the molecule is COc1ccc(S(=O)(=O)N(C)C)cc1NC(=O)CSCc1ccccc1. The number of carbonyl (C=O) groups is 1. The Kier molecular flexibility index (Phi) is 7.07. The van der Waals surface area contributed by atoms with Gasteiger partial charge in [0.25, 0.3) is 0 Å². The first-order chi connectivity index (χ1) is 12.3. The van der Waals surface area contributed by atoms with Gasteiger partial charge in [0.2, 0.25) is 15.9 Å². The van der Waals surface area contributed by atoms with Crippen molar-refractivity contribution in [2.75, 3.05) is 32.3 Å². The van der Waals surface area contributed by atoms with E-state index in [9.17, 15) is 13.2 Å². The lowest BCUT2D eigenvalue weighted by molar-refractivity contribution is -0.113. The van der Waals surface area contributed by atoms with E-state index in [-0.39, 0.29) is 16.6 Å². The van der Waals surface area contributed by atoms with E-state index >= 15 is 0 Å². The third-order valence-electron chi connectivity index (χ3n) is 3.57. The van der Waals surface area contributed by atoms with Crippen LogP contribution in [0.5, 0.6) is 5.75 Å². The fraction of sp³-hybridized carbons (Fsp3) is 0.278. The molecule has 1 N–H and O–H groups in total. The number of hydrogen-bond acceptors (Lipinski definition) is 5. The van der Waals surface area contributed by atoms with Gasteiger partial charge in [-0.1, -0.05) is 30.3 Å². The van der Waals surface area contributed by atoms with Gasteiger partial charge in [0, 0.05) is 19.8 Å². The molecule has 0 aliphatic heterocycles. The molecule has 0 aromatic heterocycles. The quantitative estimate of drug-likeness (QED) is 0.745. The van der Waals surface area contributed by atoms with Crippen LogP contribution in [0, 0.1) is 0 Å². The lowest BCUT2D eigenvalue weighted by atomic mass is 10.2. The summed E-state index contributed by atoms with van der Waals surface area (Å²) >= 11 is 1.48. The second kappa shape index (κ2) is 9.07. The largest absolute Gasteiger partial charge is 0.495 e. The van der Waals surface area contributed by atoms with Crippen molar-refractivity contribution in [1.29, 1.82) is 0 Å². The predicted molar refractivity (Wildman–Crippen MR) is 105 cm³/mol. The first kappa shape index (κ1) is 20.3. The van der Waals surface area contributed by atoms with Crippen LogP contribution >= 0.6 is 11.8 Å². The molecule has 0 spiro atoms. The number of sulfonamides is 1. The highest BCUT2D eigenvalue weighted by Gasteiger charge is 2.19. The van der Waals surface area contributed by atoms with Crippen molar-refractivity contribution in [2.24, 2.45) is 0 Å². The number of ether oxygens (including phenoxy) is 1. The van der Waals surface area contributed by atoms with Crippen molar-refractivity contribution in [3.63, 3.8) is 0 Å². The molecule has 2 rings (SSSR count). The fourth-order valence-electron chi connectivity index (χ4n) is 2.18. The van der Waals surface area contributed by atoms with Crippen molar-refractivity contribution < 1.29 is 17.9 Å². The van der Waals surface area contributed by atoms with Crippen LogP contribution < -0.4 is 10.1 Å². The second-order valence-corrected chi connectivity index (χ2v) is 8.81. The molecule has 0 bridgehead atoms. The third kappa shape index (κ3) is 5.23. The maximum Gasteiger partial charge on any atom is 0.242 e. The highest BCUT2D eigenvalue weighted by molar-refractivity contribution is 7.99. The summed E-state index contributed by atoms with van der Waals surface area (Å²) in [5.41, 5.74) is 1.47. The van der Waals surface area contributed by atoms with E-state index in [1.807, 2.05) is 30.3 Å². The smallest absolute Gasteiger partial charge is 0.242 e. The number of thioether (sulfide) groups is 1. The van der Waals surface area contributed by atoms with Gasteiger partial charge in [-0.2, -0.15) is 0 Å². The average molecular weight is 395 g/mol. The Morgan fingerprint density at radius 2 is 1.85 bits per heavy atom. The molecule has 140 valence electrons. The maximum atomic E-state index is 12.3. The van der Waals surface area contributed by atoms with Gasteiger partial charge in [-0.25, -0.2) is 12.7 Å². The molecule has 0 saturated carbocycles. The normalized spacial score (nSPS) is 11.4. The highest BCUT2D eigenvalue weighted by atomic mass is 32.2. The van der Waals surface area contributed by atoms with Crippen LogP contribution in [0.4, 0.5) is 5.69 Å². The molecule has 2 aromatic rings. The number of hydrogen-bond donors (Lipinski definition) is 1. The molecule has 0 aliphatic rings. The number of benzene rings is 2. The molecule has 0 fully saturated rings. The van der Waals surface area contributed by atoms with E-state index in [0.717, 1.165) is 15.6 Å². The fourth-order valence-corrected chi connectivity index (χ4v) is 3.89. The zero-order chi connectivity index (χ0) is 19.2. The van der Waals surface area contributed by atoms with Crippen LogP contribution in [0.1, 0.15) is 5.56 Å². The van der Waals surface area contributed by atoms with Crippen molar-refractivity contribution in [1.82, 2.24) is 4.31 Å². The minimum Gasteiger partial charge on any atom is -0.495 e. The number of amides is 1. The van der Waals surface area contributed by atoms with E-state index in [4.69, 9.17) is 4.74 Å². The summed E-state index contributed by atoms with van der Waals surface area (Å²) in [7, 11) is 0.788. The van der Waals surface area contributed by atoms with E-state index in [1.54, 1.807) is 0 Å². The van der Waals surface area contributed by atoms with Crippen molar-refractivity contribution in [3.8, 4) is 5.75 Å². The number of nitrogens with zero attached hydrogens (tertiary/aromatic N) is 1. The number of carbonyl (C=O) groups excluding carboxylic acids is 1. The Morgan fingerprint density at radius 1 is 1.15 bits per heavy atom. The molecule has 0 aliphatic carbocycles. The summed E-state index contributed by atoms with van der Waals surface area (Å²) in [6.07, 6.45) is 0. The lowest BCUT2D eigenvalue weighted by Crippen LogP contribution is -2.22. The van der Waals surface area contributed by atoms with Gasteiger partial charge in [-0.3, -0.25) is 4.79 Å². The summed E-state index contributed by atoms with van der Waals surface area (Å²) in [4.78, 5) is 12.3. The van der Waals surface area contributed by atoms with E-state index in [0.29, 0.717) is 11.4 Å². The van der Waals surface area contributed by atoms with Crippen LogP contribution in [0.15, 0.2) is 53.4 Å². The molecule has 0 radical (unpaired) electrons. The molecule has 6 nitrogen and oxygen atoms in total. The molecule has 8 heteroatoms. The molecule has 0 atom stereocenters. The van der Waals surface area contributed by atoms with Crippen LogP contribution in [0.25, 0.3) is 0 Å². The lowest BCUT2D eigenvalue weighted by Gasteiger charge is -2.15. The second-order valence-electron chi connectivity index (χ2n) is 5.68. The number of anilines is 1. The molecular weight excluding hydrogens is 372 g/mol. The minimum absolute atomic E-state index is 0.0931. The molecule has 0 saturated heterocycles. The van der Waals surface area contributed by atoms with Crippen LogP contribution in [-0.2, 0) is 20.6 Å². The van der Waals surface area contributed by atoms with Crippen molar-refractivity contribution in [2.45, 2.75) is 10.6 Å². The molecule has 0 heterocycles. The van der Waals surface area contributed by atoms with Crippen LogP contribution in [0.2, 0.25) is 0 Å². The van der Waals surface area contributed by atoms with Crippen molar-refractivity contribution >= 4 is 33.4 Å². The van der Waals surface area contributed by atoms with Crippen molar-refractivity contribution in [3.05, 3.63) is 54.1 Å². The monoisotopic (exact) mass is 394 g/mol. The summed E-state index contributed by atoms with van der Waals surface area (Å²) in [6.45, 7) is 0. The Balaban J connectivity index is 2.06. The Labute approximate surface area is 158 Å². The average Bonchev–Trinajstić information content (AvgIpc) is 2.62. The zero-order valence-electron chi connectivity index (χ0n) is 14.9. The number of methoxy groups -OCH3 is 1. The van der Waals surface area contributed by atoms with Gasteiger partial charge < -0.3 is 10.1 Å². The first-order valence-electron chi connectivity index (χ1n) is 7.86. The topological polar surface area (TPSA) is 75.7 Å². The predicted octanol–water partition coefficient (Wildman–Crippen LogP) is 2.82. The van der Waals surface area contributed by atoms with Gasteiger partial charge in [-0.05, 0) is 23.8 Å². The highest BCUT2D eigenvalue weighted by Crippen LogP contribution is 2.28. The van der Waals surface area contributed by atoms with Gasteiger partial charge in [0.1, 0.15) is 5.75 Å². The summed E-state index contributed by atoms with van der Waals surface area (Å²) < 4.78 is 30.9. The zero-order valence-corrected chi connectivity index (χ0v) is 16.6. The summed E-state index contributed by atoms with van der Waals surface area (Å²) in [6, 6.07) is 14.3. The summed E-state index contributed by atoms with van der Waals surface area (Å²) in [5, 5.41) is 2.73. The molecule has 1 amide bonds. The van der Waals surface area contributed by atoms with Crippen LogP contribution in [0.3, 0.4) is 0 Å². The van der Waals surface area contributed by atoms with Gasteiger partial charge >= 0.3 is 0 Å². The Hall–Kier alpha value is -2.03. The molecule has 26 heavy (non-hydrogen) atoms. The first-order valence-corrected chi connectivity index (χ1v) is 10.5. The number of rotatable bonds is 8. The van der Waals surface area contributed by atoms with Gasteiger partial charge in [-0.15, -0.1) is 11.8 Å². The minimum atomic E-state index is -3.59. The third-order valence-corrected chi connectivity index (χ3v) is 6.38.